The molecule has 2 amide bonds. The molecule has 0 aromatic heterocycles. The van der Waals surface area contributed by atoms with E-state index >= 15 is 0 Å². The highest BCUT2D eigenvalue weighted by molar-refractivity contribution is 8.03. The van der Waals surface area contributed by atoms with Crippen molar-refractivity contribution in [2.75, 3.05) is 23.5 Å². The molecule has 7 nitrogen and oxygen atoms in total. The van der Waals surface area contributed by atoms with E-state index in [4.69, 9.17) is 16.3 Å². The highest BCUT2D eigenvalue weighted by Gasteiger charge is 2.35. The van der Waals surface area contributed by atoms with Crippen LogP contribution in [0.2, 0.25) is 5.02 Å². The number of rotatable bonds is 8. The molecule has 3 N–H and O–H groups in total. The summed E-state index contributed by atoms with van der Waals surface area (Å²) in [7, 11) is 1.53. The van der Waals surface area contributed by atoms with Gasteiger partial charge < -0.3 is 20.7 Å². The molecular formula is C29H25ClN4O3S. The Morgan fingerprint density at radius 1 is 1.00 bits per heavy atom. The van der Waals surface area contributed by atoms with E-state index in [0.29, 0.717) is 44.0 Å². The van der Waals surface area contributed by atoms with Gasteiger partial charge in [0.15, 0.2) is 0 Å². The molecule has 3 aromatic rings. The van der Waals surface area contributed by atoms with Crippen LogP contribution < -0.4 is 20.7 Å². The number of nitriles is 1. The average molecular weight is 545 g/mol. The Kier molecular flexibility index (Phi) is 8.74. The lowest BCUT2D eigenvalue weighted by Crippen LogP contribution is -2.31. The first-order valence-corrected chi connectivity index (χ1v) is 13.1. The number of anilines is 2. The van der Waals surface area contributed by atoms with E-state index in [-0.39, 0.29) is 17.6 Å². The minimum absolute atomic E-state index is 0.0380. The first-order chi connectivity index (χ1) is 18.4. The smallest absolute Gasteiger partial charge is 0.254 e. The Morgan fingerprint density at radius 2 is 1.66 bits per heavy atom. The normalized spacial score (nSPS) is 14.8. The predicted octanol–water partition coefficient (Wildman–Crippen LogP) is 6.06. The van der Waals surface area contributed by atoms with Gasteiger partial charge in [-0.2, -0.15) is 5.26 Å². The summed E-state index contributed by atoms with van der Waals surface area (Å²) < 4.78 is 5.38. The van der Waals surface area contributed by atoms with Crippen LogP contribution in [0.4, 0.5) is 11.4 Å². The van der Waals surface area contributed by atoms with Crippen molar-refractivity contribution in [1.82, 2.24) is 5.32 Å². The van der Waals surface area contributed by atoms with Gasteiger partial charge in [0.2, 0.25) is 5.91 Å². The zero-order valence-corrected chi connectivity index (χ0v) is 22.3. The van der Waals surface area contributed by atoms with E-state index in [0.717, 1.165) is 5.56 Å². The minimum atomic E-state index is -0.633. The number of hydrogen-bond donors (Lipinski definition) is 3. The number of hydrogen-bond acceptors (Lipinski definition) is 6. The summed E-state index contributed by atoms with van der Waals surface area (Å²) in [4.78, 5) is 26.3. The van der Waals surface area contributed by atoms with Crippen LogP contribution in [0.15, 0.2) is 101 Å². The predicted molar refractivity (Wildman–Crippen MR) is 152 cm³/mol. The van der Waals surface area contributed by atoms with Crippen molar-refractivity contribution in [1.29, 1.82) is 5.26 Å². The highest BCUT2D eigenvalue weighted by atomic mass is 35.5. The molecule has 0 saturated carbocycles. The van der Waals surface area contributed by atoms with Crippen LogP contribution >= 0.6 is 23.4 Å². The summed E-state index contributed by atoms with van der Waals surface area (Å²) in [6, 6.07) is 25.7. The summed E-state index contributed by atoms with van der Waals surface area (Å²) in [5.41, 5.74) is 3.16. The van der Waals surface area contributed by atoms with Crippen molar-refractivity contribution in [2.45, 2.75) is 12.8 Å². The van der Waals surface area contributed by atoms with Crippen LogP contribution in [0.1, 0.15) is 18.4 Å². The fraction of sp³-hybridized carbons (Fsp3) is 0.138. The lowest BCUT2D eigenvalue weighted by molar-refractivity contribution is -0.114. The van der Waals surface area contributed by atoms with Crippen LogP contribution in [0.3, 0.4) is 0 Å². The number of para-hydroxylation sites is 3. The van der Waals surface area contributed by atoms with E-state index in [1.165, 1.54) is 18.9 Å². The minimum Gasteiger partial charge on any atom is -0.495 e. The van der Waals surface area contributed by atoms with Gasteiger partial charge in [0, 0.05) is 11.3 Å². The number of nitrogens with one attached hydrogen (secondary N) is 3. The summed E-state index contributed by atoms with van der Waals surface area (Å²) in [5, 5.41) is 20.1. The molecule has 0 saturated heterocycles. The molecule has 1 aliphatic rings. The van der Waals surface area contributed by atoms with Crippen molar-refractivity contribution in [3.05, 3.63) is 111 Å². The number of carbonyl (C=O) groups is 2. The zero-order chi connectivity index (χ0) is 27.1. The van der Waals surface area contributed by atoms with Crippen molar-refractivity contribution in [3.8, 4) is 11.8 Å². The first-order valence-electron chi connectivity index (χ1n) is 11.7. The van der Waals surface area contributed by atoms with Gasteiger partial charge in [-0.15, -0.1) is 0 Å². The van der Waals surface area contributed by atoms with Crippen molar-refractivity contribution < 1.29 is 14.3 Å². The maximum Gasteiger partial charge on any atom is 0.254 e. The number of carbonyl (C=O) groups excluding carboxylic acids is 2. The number of amides is 2. The van der Waals surface area contributed by atoms with E-state index in [1.54, 1.807) is 49.4 Å². The number of methoxy groups -OCH3 is 1. The van der Waals surface area contributed by atoms with Crippen LogP contribution in [0.25, 0.3) is 0 Å². The standard InChI is InChI=1S/C29H25ClN4O3S/c1-18-26(28(36)34-23-14-8-9-15-24(23)37-2)27(19-10-4-3-5-11-19)20(16-31)29(32-18)38-17-25(35)33-22-13-7-6-12-21(22)30/h3-15,27,32H,17H2,1-2H3,(H,33,35)(H,34,36)/t27-/m1/s1. The maximum absolute atomic E-state index is 13.6. The quantitative estimate of drug-likeness (QED) is 0.319. The van der Waals surface area contributed by atoms with Crippen LogP contribution in [-0.4, -0.2) is 24.7 Å². The molecule has 0 unspecified atom stereocenters. The molecule has 1 heterocycles. The molecule has 3 aromatic carbocycles. The molecule has 192 valence electrons. The molecule has 1 atom stereocenters. The monoisotopic (exact) mass is 544 g/mol. The highest BCUT2D eigenvalue weighted by Crippen LogP contribution is 2.41. The zero-order valence-electron chi connectivity index (χ0n) is 20.7. The molecule has 0 radical (unpaired) electrons. The van der Waals surface area contributed by atoms with Gasteiger partial charge in [-0.25, -0.2) is 0 Å². The fourth-order valence-electron chi connectivity index (χ4n) is 4.13. The summed E-state index contributed by atoms with van der Waals surface area (Å²) >= 11 is 7.35. The summed E-state index contributed by atoms with van der Waals surface area (Å²) in [6.07, 6.45) is 0. The Labute approximate surface area is 230 Å². The number of nitrogens with zero attached hydrogens (tertiary/aromatic N) is 1. The molecular weight excluding hydrogens is 520 g/mol. The third-order valence-corrected chi connectivity index (χ3v) is 7.22. The van der Waals surface area contributed by atoms with Gasteiger partial charge in [0.25, 0.3) is 5.91 Å². The number of ether oxygens (including phenoxy) is 1. The average Bonchev–Trinajstić information content (AvgIpc) is 2.93. The van der Waals surface area contributed by atoms with Crippen LogP contribution in [0.5, 0.6) is 5.75 Å². The van der Waals surface area contributed by atoms with Crippen LogP contribution in [-0.2, 0) is 9.59 Å². The number of dihydropyridines is 1. The Hall–Kier alpha value is -4.19. The summed E-state index contributed by atoms with van der Waals surface area (Å²) in [6.45, 7) is 1.78. The number of halogens is 1. The molecule has 38 heavy (non-hydrogen) atoms. The molecule has 0 bridgehead atoms. The third-order valence-electron chi connectivity index (χ3n) is 5.88. The van der Waals surface area contributed by atoms with E-state index in [9.17, 15) is 14.9 Å². The Morgan fingerprint density at radius 3 is 2.34 bits per heavy atom. The second-order valence-corrected chi connectivity index (χ2v) is 9.73. The van der Waals surface area contributed by atoms with E-state index in [1.807, 2.05) is 36.4 Å². The first kappa shape index (κ1) is 26.9. The largest absolute Gasteiger partial charge is 0.495 e. The van der Waals surface area contributed by atoms with Crippen molar-refractivity contribution in [3.63, 3.8) is 0 Å². The van der Waals surface area contributed by atoms with Crippen molar-refractivity contribution in [2.24, 2.45) is 0 Å². The summed E-state index contributed by atoms with van der Waals surface area (Å²) in [5.74, 6) is -0.702. The molecule has 0 fully saturated rings. The number of thioether (sulfide) groups is 1. The topological polar surface area (TPSA) is 103 Å². The van der Waals surface area contributed by atoms with Crippen molar-refractivity contribution >= 4 is 46.6 Å². The van der Waals surface area contributed by atoms with Gasteiger partial charge >= 0.3 is 0 Å². The van der Waals surface area contributed by atoms with Crippen LogP contribution in [0, 0.1) is 11.3 Å². The second-order valence-electron chi connectivity index (χ2n) is 8.33. The van der Waals surface area contributed by atoms with Gasteiger partial charge in [0.05, 0.1) is 51.8 Å². The van der Waals surface area contributed by atoms with E-state index in [2.05, 4.69) is 22.0 Å². The van der Waals surface area contributed by atoms with Gasteiger partial charge in [-0.05, 0) is 36.8 Å². The molecule has 4 rings (SSSR count). The molecule has 1 aliphatic heterocycles. The number of benzene rings is 3. The molecule has 0 aliphatic carbocycles. The van der Waals surface area contributed by atoms with Gasteiger partial charge in [-0.3, -0.25) is 9.59 Å². The molecule has 9 heteroatoms. The Balaban J connectivity index is 1.63. The van der Waals surface area contributed by atoms with E-state index < -0.39 is 5.92 Å². The third kappa shape index (κ3) is 6.02. The lowest BCUT2D eigenvalue weighted by Gasteiger charge is -2.30. The number of allylic oxidation sites excluding steroid dienone is 2. The maximum atomic E-state index is 13.6. The SMILES string of the molecule is COc1ccccc1NC(=O)C1=C(C)NC(SCC(=O)Nc2ccccc2Cl)=C(C#N)[C@H]1c1ccccc1. The fourth-order valence-corrected chi connectivity index (χ4v) is 5.21. The Bertz CT molecular complexity index is 1460. The van der Waals surface area contributed by atoms with Gasteiger partial charge in [0.1, 0.15) is 5.75 Å². The van der Waals surface area contributed by atoms with Gasteiger partial charge in [-0.1, -0.05) is 78.0 Å². The lowest BCUT2D eigenvalue weighted by atomic mass is 9.82. The second kappa shape index (κ2) is 12.4. The molecule has 0 spiro atoms.